The normalized spacial score (nSPS) is 26.3. The molecule has 8 rings (SSSR count). The topological polar surface area (TPSA) is 105 Å². The first kappa shape index (κ1) is 47.4. The molecule has 0 spiro atoms. The number of benzene rings is 3. The molecule has 3 aromatic carbocycles. The summed E-state index contributed by atoms with van der Waals surface area (Å²) in [6.45, 7) is 15.4. The molecule has 66 heavy (non-hydrogen) atoms. The summed E-state index contributed by atoms with van der Waals surface area (Å²) in [7, 11) is 0. The third-order valence-corrected chi connectivity index (χ3v) is 16.4. The van der Waals surface area contributed by atoms with Crippen LogP contribution in [0, 0.1) is 46.3 Å². The van der Waals surface area contributed by atoms with E-state index in [1.165, 1.54) is 82.6 Å². The molecule has 4 aliphatic rings. The molecule has 3 fully saturated rings. The lowest BCUT2D eigenvalue weighted by Crippen LogP contribution is -2.51. The summed E-state index contributed by atoms with van der Waals surface area (Å²) >= 11 is 0. The number of hydrogen-bond donors (Lipinski definition) is 0. The Morgan fingerprint density at radius 1 is 0.818 bits per heavy atom. The minimum atomic E-state index is -0.425. The molecule has 0 aliphatic heterocycles. The van der Waals surface area contributed by atoms with Gasteiger partial charge in [0.25, 0.3) is 0 Å². The summed E-state index contributed by atoms with van der Waals surface area (Å²) in [5, 5.41) is 8.47. The number of carbonyl (C=O) groups excluding carboxylic acids is 2. The van der Waals surface area contributed by atoms with Crippen molar-refractivity contribution in [1.82, 2.24) is 15.0 Å². The number of aromatic nitrogens is 3. The first-order chi connectivity index (χ1) is 31.9. The van der Waals surface area contributed by atoms with Crippen molar-refractivity contribution in [3.05, 3.63) is 107 Å². The maximum absolute atomic E-state index is 13.4. The monoisotopic (exact) mass is 895 g/mol. The summed E-state index contributed by atoms with van der Waals surface area (Å²) < 4.78 is 19.2. The molecule has 0 radical (unpaired) electrons. The molecule has 0 amide bonds. The van der Waals surface area contributed by atoms with Crippen LogP contribution in [0.25, 0.3) is 5.69 Å². The van der Waals surface area contributed by atoms with E-state index in [1.807, 2.05) is 48.5 Å². The summed E-state index contributed by atoms with van der Waals surface area (Å²) in [5.41, 5.74) is 5.25. The van der Waals surface area contributed by atoms with Crippen molar-refractivity contribution >= 4 is 23.8 Å². The quantitative estimate of drug-likeness (QED) is 0.0303. The van der Waals surface area contributed by atoms with E-state index in [9.17, 15) is 9.59 Å². The first-order valence-electron chi connectivity index (χ1n) is 25.5. The Morgan fingerprint density at radius 3 is 2.33 bits per heavy atom. The number of allylic oxidation sites excluding steroid dienone is 1. The van der Waals surface area contributed by atoms with E-state index in [4.69, 9.17) is 14.2 Å². The number of nitrogens with zero attached hydrogens (tertiary/aromatic N) is 4. The van der Waals surface area contributed by atoms with Crippen LogP contribution in [0.5, 0.6) is 11.5 Å². The largest absolute Gasteiger partial charge is 0.494 e. The predicted molar refractivity (Wildman–Crippen MR) is 263 cm³/mol. The molecule has 9 nitrogen and oxygen atoms in total. The van der Waals surface area contributed by atoms with Crippen molar-refractivity contribution in [2.75, 3.05) is 6.61 Å². The van der Waals surface area contributed by atoms with Gasteiger partial charge >= 0.3 is 11.9 Å². The van der Waals surface area contributed by atoms with Gasteiger partial charge in [-0.25, -0.2) is 14.3 Å². The second-order valence-electron chi connectivity index (χ2n) is 21.1. The molecule has 8 atom stereocenters. The van der Waals surface area contributed by atoms with Crippen molar-refractivity contribution in [3.8, 4) is 17.2 Å². The Morgan fingerprint density at radius 2 is 1.58 bits per heavy atom. The van der Waals surface area contributed by atoms with Gasteiger partial charge in [0.05, 0.1) is 29.7 Å². The molecule has 4 aromatic rings. The van der Waals surface area contributed by atoms with Crippen LogP contribution < -0.4 is 9.47 Å². The Labute approximate surface area is 394 Å². The van der Waals surface area contributed by atoms with E-state index >= 15 is 0 Å². The molecule has 1 aromatic heterocycles. The molecule has 3 saturated carbocycles. The Bertz CT molecular complexity index is 2300. The third kappa shape index (κ3) is 10.9. The Kier molecular flexibility index (Phi) is 15.3. The second kappa shape index (κ2) is 21.3. The lowest BCUT2D eigenvalue weighted by molar-refractivity contribution is -0.0595. The fraction of sp³-hybridized carbons (Fsp3) is 0.561. The van der Waals surface area contributed by atoms with Crippen LogP contribution in [0.3, 0.4) is 0 Å². The number of esters is 2. The van der Waals surface area contributed by atoms with Crippen molar-refractivity contribution < 1.29 is 23.8 Å². The summed E-state index contributed by atoms with van der Waals surface area (Å²) in [5.74, 6) is 5.20. The van der Waals surface area contributed by atoms with Crippen LogP contribution in [0.15, 0.2) is 95.6 Å². The highest BCUT2D eigenvalue weighted by molar-refractivity contribution is 5.91. The van der Waals surface area contributed by atoms with E-state index in [0.717, 1.165) is 83.9 Å². The van der Waals surface area contributed by atoms with Crippen molar-refractivity contribution in [1.29, 1.82) is 0 Å². The molecular formula is C57H74N4O5. The lowest BCUT2D eigenvalue weighted by Gasteiger charge is -2.58. The smallest absolute Gasteiger partial charge is 0.360 e. The van der Waals surface area contributed by atoms with Crippen molar-refractivity contribution in [2.45, 2.75) is 150 Å². The van der Waals surface area contributed by atoms with Crippen LogP contribution >= 0.6 is 0 Å². The number of rotatable bonds is 19. The van der Waals surface area contributed by atoms with Crippen molar-refractivity contribution in [3.63, 3.8) is 0 Å². The van der Waals surface area contributed by atoms with Gasteiger partial charge in [0.15, 0.2) is 5.69 Å². The highest BCUT2D eigenvalue weighted by Crippen LogP contribution is 2.67. The molecule has 4 aliphatic carbocycles. The average Bonchev–Trinajstić information content (AvgIpc) is 3.96. The van der Waals surface area contributed by atoms with Gasteiger partial charge in [0.1, 0.15) is 17.6 Å². The van der Waals surface area contributed by atoms with Crippen molar-refractivity contribution in [2.24, 2.45) is 51.3 Å². The molecule has 0 N–H and O–H groups in total. The predicted octanol–water partition coefficient (Wildman–Crippen LogP) is 14.2. The van der Waals surface area contributed by atoms with Gasteiger partial charge in [-0.1, -0.05) is 103 Å². The van der Waals surface area contributed by atoms with Gasteiger partial charge in [-0.3, -0.25) is 4.99 Å². The van der Waals surface area contributed by atoms with Crippen LogP contribution in [-0.2, 0) is 4.74 Å². The average molecular weight is 895 g/mol. The van der Waals surface area contributed by atoms with Crippen LogP contribution in [0.1, 0.15) is 171 Å². The van der Waals surface area contributed by atoms with E-state index in [0.29, 0.717) is 23.3 Å². The number of unbranched alkanes of at least 4 members (excludes halogenated alkanes) is 4. The van der Waals surface area contributed by atoms with Gasteiger partial charge in [0, 0.05) is 12.6 Å². The van der Waals surface area contributed by atoms with E-state index < -0.39 is 11.9 Å². The molecule has 352 valence electrons. The summed E-state index contributed by atoms with van der Waals surface area (Å²) in [4.78, 5) is 30.8. The SMILES string of the molecule is CCCCCCCOc1ccc(C(=O)Oc2ccc(C=Nc3ccc(-n4cc(C(=O)O[C@H]5CC[C@@]6(C)C(=CC[C@H]7[C@@H]8CC[C@H]([C@H](C)CCCC(C)C)[C@@]8(C)CC[C@@H]76)C5)nn4)cc3)cc2)cc1. The van der Waals surface area contributed by atoms with Gasteiger partial charge in [-0.15, -0.1) is 5.10 Å². The fourth-order valence-corrected chi connectivity index (χ4v) is 12.7. The standard InChI is InChI=1S/C57H74N4O5/c1-7-8-9-10-11-35-64-46-26-17-42(18-27-46)54(62)65-47-24-15-41(16-25-47)37-58-44-20-22-45(23-21-44)61-38-53(59-60-61)55(63)66-48-31-33-56(5)43(36-48)19-28-49-51-30-29-50(40(4)14-12-13-39(2)3)57(51,6)34-32-52(49)56/h15-27,37-40,48-52H,7-14,28-36H2,1-6H3/t40-,48+,49+,50-,51+,52+,56+,57-/m1/s1. The van der Waals surface area contributed by atoms with Gasteiger partial charge in [0.2, 0.25) is 0 Å². The second-order valence-corrected chi connectivity index (χ2v) is 21.1. The number of carbonyl (C=O) groups is 2. The first-order valence-corrected chi connectivity index (χ1v) is 25.5. The fourth-order valence-electron chi connectivity index (χ4n) is 12.7. The van der Waals surface area contributed by atoms with Crippen LogP contribution in [0.4, 0.5) is 5.69 Å². The summed E-state index contributed by atoms with van der Waals surface area (Å²) in [6.07, 6.45) is 25.3. The zero-order valence-electron chi connectivity index (χ0n) is 40.6. The zero-order chi connectivity index (χ0) is 46.3. The van der Waals surface area contributed by atoms with E-state index in [-0.39, 0.29) is 17.2 Å². The molecular weight excluding hydrogens is 821 g/mol. The molecule has 9 heteroatoms. The minimum absolute atomic E-state index is 0.142. The molecule has 0 unspecified atom stereocenters. The Balaban J connectivity index is 0.793. The number of hydrogen-bond acceptors (Lipinski definition) is 8. The molecule has 0 bridgehead atoms. The van der Waals surface area contributed by atoms with Gasteiger partial charge in [-0.05, 0) is 176 Å². The number of ether oxygens (including phenoxy) is 3. The Hall–Kier alpha value is -5.05. The maximum atomic E-state index is 13.4. The molecule has 1 heterocycles. The minimum Gasteiger partial charge on any atom is -0.494 e. The highest BCUT2D eigenvalue weighted by atomic mass is 16.5. The van der Waals surface area contributed by atoms with E-state index in [1.54, 1.807) is 41.4 Å². The highest BCUT2D eigenvalue weighted by Gasteiger charge is 2.59. The summed E-state index contributed by atoms with van der Waals surface area (Å²) in [6, 6.07) is 21.9. The third-order valence-electron chi connectivity index (χ3n) is 16.4. The van der Waals surface area contributed by atoms with E-state index in [2.05, 4.69) is 62.9 Å². The number of aliphatic imine (C=N–C) groups is 1. The number of fused-ring (bicyclic) bond motifs is 5. The zero-order valence-corrected chi connectivity index (χ0v) is 40.6. The molecule has 0 saturated heterocycles. The van der Waals surface area contributed by atoms with Gasteiger partial charge < -0.3 is 14.2 Å². The lowest BCUT2D eigenvalue weighted by atomic mass is 9.47. The maximum Gasteiger partial charge on any atom is 0.360 e. The van der Waals surface area contributed by atoms with Crippen LogP contribution in [0.2, 0.25) is 0 Å². The van der Waals surface area contributed by atoms with Crippen LogP contribution in [-0.4, -0.2) is 45.9 Å². The van der Waals surface area contributed by atoms with Gasteiger partial charge in [-0.2, -0.15) is 0 Å².